The molecular formula is C21H28N8O3S. The van der Waals surface area contributed by atoms with E-state index in [0.717, 1.165) is 28.4 Å². The first kappa shape index (κ1) is 22.9. The topological polar surface area (TPSA) is 129 Å². The molecule has 0 aliphatic carbocycles. The molecule has 2 N–H and O–H groups in total. The van der Waals surface area contributed by atoms with Crippen LogP contribution in [-0.2, 0) is 9.53 Å². The minimum absolute atomic E-state index is 0.107. The normalized spacial score (nSPS) is 15.9. The van der Waals surface area contributed by atoms with Crippen LogP contribution in [0.1, 0.15) is 33.6 Å². The van der Waals surface area contributed by atoms with Gasteiger partial charge < -0.3 is 19.9 Å². The third-order valence-corrected chi connectivity index (χ3v) is 6.46. The fraction of sp³-hybridized carbons (Fsp3) is 0.524. The van der Waals surface area contributed by atoms with Crippen LogP contribution >= 0.6 is 11.5 Å². The number of alkyl carbamates (subject to hydrolysis) is 1. The van der Waals surface area contributed by atoms with Crippen LogP contribution in [0.25, 0.3) is 11.0 Å². The lowest BCUT2D eigenvalue weighted by Gasteiger charge is -2.42. The number of hydrogen-bond acceptors (Lipinski definition) is 9. The summed E-state index contributed by atoms with van der Waals surface area (Å²) in [6.45, 7) is 6.78. The Bertz CT molecular complexity index is 1120. The first-order valence-electron chi connectivity index (χ1n) is 10.7. The maximum absolute atomic E-state index is 13.7. The molecular weight excluding hydrogens is 444 g/mol. The Hall–Kier alpha value is -3.28. The number of amides is 2. The molecule has 3 aromatic heterocycles. The lowest BCUT2D eigenvalue weighted by Crippen LogP contribution is -2.55. The number of rotatable bonds is 5. The molecule has 4 heterocycles. The van der Waals surface area contributed by atoms with E-state index in [4.69, 9.17) is 4.74 Å². The predicted octanol–water partition coefficient (Wildman–Crippen LogP) is 2.58. The van der Waals surface area contributed by atoms with E-state index in [1.54, 1.807) is 27.8 Å². The van der Waals surface area contributed by atoms with E-state index in [1.807, 2.05) is 12.3 Å². The number of carbonyl (C=O) groups excluding carboxylic acids is 2. The smallest absolute Gasteiger partial charge is 0.407 e. The summed E-state index contributed by atoms with van der Waals surface area (Å²) in [5, 5.41) is 4.28. The molecule has 0 saturated carbocycles. The lowest BCUT2D eigenvalue weighted by atomic mass is 9.77. The molecule has 0 bridgehead atoms. The Labute approximate surface area is 195 Å². The number of H-pyrrole nitrogens is 1. The molecule has 3 aromatic rings. The fourth-order valence-electron chi connectivity index (χ4n) is 4.04. The number of nitrogens with zero attached hydrogens (tertiary/aromatic N) is 6. The van der Waals surface area contributed by atoms with Crippen LogP contribution in [0.4, 0.5) is 15.7 Å². The van der Waals surface area contributed by atoms with Crippen LogP contribution in [0, 0.1) is 5.41 Å². The Balaban J connectivity index is 1.54. The van der Waals surface area contributed by atoms with Crippen molar-refractivity contribution in [1.82, 2.24) is 29.6 Å². The maximum atomic E-state index is 13.7. The number of aromatic nitrogens is 5. The molecule has 0 radical (unpaired) electrons. The second-order valence-corrected chi connectivity index (χ2v) is 9.91. The first-order chi connectivity index (χ1) is 15.7. The number of ether oxygens (including phenoxy) is 1. The quantitative estimate of drug-likeness (QED) is 0.580. The van der Waals surface area contributed by atoms with E-state index in [1.165, 1.54) is 17.6 Å². The molecule has 1 fully saturated rings. The molecule has 1 aliphatic rings. The van der Waals surface area contributed by atoms with Crippen LogP contribution in [0.2, 0.25) is 0 Å². The zero-order valence-electron chi connectivity index (χ0n) is 19.2. The fourth-order valence-corrected chi connectivity index (χ4v) is 4.52. The summed E-state index contributed by atoms with van der Waals surface area (Å²) in [4.78, 5) is 45.7. The van der Waals surface area contributed by atoms with E-state index >= 15 is 0 Å². The highest BCUT2D eigenvalue weighted by Crippen LogP contribution is 2.37. The third kappa shape index (κ3) is 4.90. The van der Waals surface area contributed by atoms with E-state index in [-0.39, 0.29) is 12.5 Å². The predicted molar refractivity (Wildman–Crippen MR) is 125 cm³/mol. The van der Waals surface area contributed by atoms with Crippen molar-refractivity contribution < 1.29 is 14.3 Å². The largest absolute Gasteiger partial charge is 0.444 e. The van der Waals surface area contributed by atoms with Crippen molar-refractivity contribution in [3.05, 3.63) is 24.9 Å². The van der Waals surface area contributed by atoms with E-state index in [9.17, 15) is 9.59 Å². The van der Waals surface area contributed by atoms with Crippen LogP contribution in [0.3, 0.4) is 0 Å². The highest BCUT2D eigenvalue weighted by molar-refractivity contribution is 7.09. The van der Waals surface area contributed by atoms with Gasteiger partial charge in [-0.25, -0.2) is 19.7 Å². The molecule has 0 aromatic carbocycles. The molecule has 1 saturated heterocycles. The van der Waals surface area contributed by atoms with Crippen LogP contribution < -0.4 is 15.1 Å². The van der Waals surface area contributed by atoms with Crippen molar-refractivity contribution in [2.75, 3.05) is 36.5 Å². The van der Waals surface area contributed by atoms with E-state index in [0.29, 0.717) is 31.1 Å². The molecule has 0 atom stereocenters. The third-order valence-electron chi connectivity index (χ3n) is 5.72. The minimum Gasteiger partial charge on any atom is -0.444 e. The van der Waals surface area contributed by atoms with Gasteiger partial charge in [0.2, 0.25) is 11.0 Å². The first-order valence-corrected chi connectivity index (χ1v) is 11.5. The Kier molecular flexibility index (Phi) is 6.19. The zero-order chi connectivity index (χ0) is 23.6. The summed E-state index contributed by atoms with van der Waals surface area (Å²) in [7, 11) is 1.69. The highest BCUT2D eigenvalue weighted by atomic mass is 32.1. The second-order valence-electron chi connectivity index (χ2n) is 9.15. The Morgan fingerprint density at radius 1 is 1.24 bits per heavy atom. The maximum Gasteiger partial charge on any atom is 0.407 e. The van der Waals surface area contributed by atoms with E-state index in [2.05, 4.69) is 34.5 Å². The van der Waals surface area contributed by atoms with Crippen LogP contribution in [0.15, 0.2) is 24.9 Å². The average Bonchev–Trinajstić information content (AvgIpc) is 3.48. The van der Waals surface area contributed by atoms with Crippen molar-refractivity contribution in [2.24, 2.45) is 5.41 Å². The van der Waals surface area contributed by atoms with Gasteiger partial charge in [-0.05, 0) is 39.7 Å². The van der Waals surface area contributed by atoms with Crippen molar-refractivity contribution >= 4 is 45.5 Å². The van der Waals surface area contributed by atoms with Gasteiger partial charge in [0.05, 0.1) is 10.8 Å². The number of carbonyl (C=O) groups is 2. The Morgan fingerprint density at radius 3 is 2.67 bits per heavy atom. The molecule has 12 heteroatoms. The summed E-state index contributed by atoms with van der Waals surface area (Å²) in [5.74, 6) is 0.726. The molecule has 176 valence electrons. The monoisotopic (exact) mass is 472 g/mol. The summed E-state index contributed by atoms with van der Waals surface area (Å²) >= 11 is 1.16. The number of nitrogens with one attached hydrogen (secondary N) is 2. The SMILES string of the molecule is CN(C(=O)C1(CNC(=O)OC(C)(C)C)CCN(c2ncnc3[nH]ccc23)CC1)c1ncns1. The van der Waals surface area contributed by atoms with Gasteiger partial charge in [0.25, 0.3) is 0 Å². The van der Waals surface area contributed by atoms with Gasteiger partial charge in [0, 0.05) is 44.4 Å². The van der Waals surface area contributed by atoms with E-state index < -0.39 is 17.1 Å². The van der Waals surface area contributed by atoms with Crippen molar-refractivity contribution in [3.63, 3.8) is 0 Å². The van der Waals surface area contributed by atoms with Crippen LogP contribution in [0.5, 0.6) is 0 Å². The summed E-state index contributed by atoms with van der Waals surface area (Å²) in [6, 6.07) is 1.95. The summed E-state index contributed by atoms with van der Waals surface area (Å²) in [6.07, 6.45) is 5.31. The molecule has 4 rings (SSSR count). The standard InChI is InChI=1S/C21H28N8O3S/c1-20(2,3)32-19(31)23-11-21(17(30)28(4)18-26-13-27-33-18)6-9-29(10-7-21)16-14-5-8-22-15(14)24-12-25-16/h5,8,12-13H,6-7,9-11H2,1-4H3,(H,23,31)(H,22,24,25). The van der Waals surface area contributed by atoms with Crippen LogP contribution in [-0.4, -0.2) is 68.6 Å². The van der Waals surface area contributed by atoms with Gasteiger partial charge in [-0.3, -0.25) is 9.69 Å². The van der Waals surface area contributed by atoms with Gasteiger partial charge in [0.15, 0.2) is 0 Å². The Morgan fingerprint density at radius 2 is 2.00 bits per heavy atom. The molecule has 0 spiro atoms. The van der Waals surface area contributed by atoms with Gasteiger partial charge in [0.1, 0.15) is 29.7 Å². The molecule has 0 unspecified atom stereocenters. The summed E-state index contributed by atoms with van der Waals surface area (Å²) in [5.41, 5.74) is -0.656. The summed E-state index contributed by atoms with van der Waals surface area (Å²) < 4.78 is 9.40. The van der Waals surface area contributed by atoms with Crippen molar-refractivity contribution in [2.45, 2.75) is 39.2 Å². The number of piperidine rings is 1. The zero-order valence-corrected chi connectivity index (χ0v) is 20.0. The second kappa shape index (κ2) is 8.93. The van der Waals surface area contributed by atoms with Crippen molar-refractivity contribution in [3.8, 4) is 0 Å². The molecule has 1 aliphatic heterocycles. The van der Waals surface area contributed by atoms with Gasteiger partial charge in [-0.2, -0.15) is 4.37 Å². The van der Waals surface area contributed by atoms with Gasteiger partial charge >= 0.3 is 6.09 Å². The number of hydrogen-bond donors (Lipinski definition) is 2. The number of anilines is 2. The molecule has 2 amide bonds. The minimum atomic E-state index is -0.807. The lowest BCUT2D eigenvalue weighted by molar-refractivity contribution is -0.128. The number of fused-ring (bicyclic) bond motifs is 1. The van der Waals surface area contributed by atoms with Crippen molar-refractivity contribution in [1.29, 1.82) is 0 Å². The highest BCUT2D eigenvalue weighted by Gasteiger charge is 2.44. The molecule has 11 nitrogen and oxygen atoms in total. The van der Waals surface area contributed by atoms with Gasteiger partial charge in [-0.15, -0.1) is 0 Å². The average molecular weight is 473 g/mol. The van der Waals surface area contributed by atoms with Gasteiger partial charge in [-0.1, -0.05) is 0 Å². The molecule has 33 heavy (non-hydrogen) atoms. The number of aromatic amines is 1.